The second-order valence-electron chi connectivity index (χ2n) is 8.98. The molecule has 8 nitrogen and oxygen atoms in total. The summed E-state index contributed by atoms with van der Waals surface area (Å²) in [6, 6.07) is 11.4. The van der Waals surface area contributed by atoms with E-state index in [9.17, 15) is 28.0 Å². The molecule has 1 spiro atoms. The molecule has 0 aliphatic carbocycles. The number of nitrogens with zero attached hydrogens (tertiary/aromatic N) is 3. The molecule has 194 valence electrons. The lowest BCUT2D eigenvalue weighted by Gasteiger charge is -2.43. The lowest BCUT2D eigenvalue weighted by atomic mass is 9.82. The van der Waals surface area contributed by atoms with Gasteiger partial charge in [0.15, 0.2) is 5.60 Å². The van der Waals surface area contributed by atoms with E-state index in [0.717, 1.165) is 12.1 Å². The first kappa shape index (κ1) is 26.6. The van der Waals surface area contributed by atoms with Crippen molar-refractivity contribution in [3.05, 3.63) is 69.2 Å². The Morgan fingerprint density at radius 3 is 2.68 bits per heavy atom. The molecule has 2 aromatic carbocycles. The number of likely N-dealkylation sites (tertiary alicyclic amines) is 1. The van der Waals surface area contributed by atoms with E-state index in [-0.39, 0.29) is 0 Å². The van der Waals surface area contributed by atoms with Gasteiger partial charge in [0.2, 0.25) is 0 Å². The smallest absolute Gasteiger partial charge is 0.428 e. The summed E-state index contributed by atoms with van der Waals surface area (Å²) in [5, 5.41) is 16.2. The lowest BCUT2D eigenvalue weighted by molar-refractivity contribution is -0.137. The Balaban J connectivity index is 1.44. The highest BCUT2D eigenvalue weighted by Gasteiger charge is 2.46. The Bertz CT molecular complexity index is 1280. The van der Waals surface area contributed by atoms with E-state index in [1.807, 2.05) is 4.90 Å². The molecular weight excluding hydrogens is 555 g/mol. The van der Waals surface area contributed by atoms with Crippen molar-refractivity contribution in [3.63, 3.8) is 0 Å². The predicted molar refractivity (Wildman–Crippen MR) is 132 cm³/mol. The van der Waals surface area contributed by atoms with Crippen molar-refractivity contribution in [2.45, 2.75) is 37.6 Å². The van der Waals surface area contributed by atoms with Gasteiger partial charge >= 0.3 is 12.3 Å². The maximum absolute atomic E-state index is 13.3. The molecule has 2 heterocycles. The fourth-order valence-corrected chi connectivity index (χ4v) is 5.07. The van der Waals surface area contributed by atoms with Crippen molar-refractivity contribution in [1.29, 1.82) is 5.26 Å². The Kier molecular flexibility index (Phi) is 7.57. The number of benzene rings is 2. The SMILES string of the molecule is C[C@@H](CN1CCC2(CC1)OC(=O)NN=C2c1cc(C#N)ccc1Br)NC(=O)c1ccccc1C(F)(F)F. The zero-order chi connectivity index (χ0) is 26.8. The molecule has 1 fully saturated rings. The van der Waals surface area contributed by atoms with Crippen molar-refractivity contribution in [1.82, 2.24) is 15.6 Å². The van der Waals surface area contributed by atoms with Gasteiger partial charge in [0.05, 0.1) is 22.8 Å². The molecule has 0 bridgehead atoms. The van der Waals surface area contributed by atoms with Crippen LogP contribution in [0, 0.1) is 11.3 Å². The van der Waals surface area contributed by atoms with Crippen molar-refractivity contribution in [2.24, 2.45) is 5.10 Å². The first-order valence-electron chi connectivity index (χ1n) is 11.5. The summed E-state index contributed by atoms with van der Waals surface area (Å²) < 4.78 is 46.3. The van der Waals surface area contributed by atoms with Gasteiger partial charge in [0.1, 0.15) is 5.71 Å². The highest BCUT2D eigenvalue weighted by atomic mass is 79.9. The van der Waals surface area contributed by atoms with Crippen LogP contribution in [0.1, 0.15) is 46.8 Å². The molecule has 0 aromatic heterocycles. The summed E-state index contributed by atoms with van der Waals surface area (Å²) in [4.78, 5) is 26.7. The summed E-state index contributed by atoms with van der Waals surface area (Å²) in [6.45, 7) is 3.09. The van der Waals surface area contributed by atoms with Gasteiger partial charge in [-0.25, -0.2) is 10.2 Å². The van der Waals surface area contributed by atoms with Crippen LogP contribution in [0.15, 0.2) is 52.0 Å². The number of amides is 2. The van der Waals surface area contributed by atoms with Gasteiger partial charge < -0.3 is 15.0 Å². The van der Waals surface area contributed by atoms with Crippen molar-refractivity contribution < 1.29 is 27.5 Å². The number of rotatable bonds is 5. The Morgan fingerprint density at radius 2 is 2.00 bits per heavy atom. The summed E-state index contributed by atoms with van der Waals surface area (Å²) >= 11 is 3.48. The minimum atomic E-state index is -4.63. The predicted octanol–water partition coefficient (Wildman–Crippen LogP) is 4.44. The van der Waals surface area contributed by atoms with Gasteiger partial charge in [-0.05, 0) is 37.3 Å². The van der Waals surface area contributed by atoms with Crippen LogP contribution in [0.5, 0.6) is 0 Å². The standard InChI is InChI=1S/C25H23BrF3N5O3/c1-15(31-22(35)17-4-2-3-5-19(17)25(27,28)29)14-34-10-8-24(9-11-34)21(32-33-23(36)37-24)18-12-16(13-30)6-7-20(18)26/h2-7,12,15H,8-11,14H2,1H3,(H,31,35)(H,33,36)/t15-/m0/s1. The third-order valence-electron chi connectivity index (χ3n) is 6.38. The van der Waals surface area contributed by atoms with Crippen molar-refractivity contribution in [3.8, 4) is 6.07 Å². The lowest BCUT2D eigenvalue weighted by Crippen LogP contribution is -2.57. The van der Waals surface area contributed by atoms with Crippen LogP contribution in [0.3, 0.4) is 0 Å². The third-order valence-corrected chi connectivity index (χ3v) is 7.07. The van der Waals surface area contributed by atoms with Crippen LogP contribution in [0.25, 0.3) is 0 Å². The van der Waals surface area contributed by atoms with Gasteiger partial charge in [0, 0.05) is 48.6 Å². The van der Waals surface area contributed by atoms with E-state index < -0.39 is 40.9 Å². The number of hydrogen-bond acceptors (Lipinski definition) is 6. The van der Waals surface area contributed by atoms with Crippen LogP contribution in [-0.4, -0.2) is 53.9 Å². The molecule has 2 amide bonds. The molecular formula is C25H23BrF3N5O3. The topological polar surface area (TPSA) is 107 Å². The molecule has 0 saturated carbocycles. The maximum Gasteiger partial charge on any atom is 0.428 e. The molecule has 12 heteroatoms. The van der Waals surface area contributed by atoms with E-state index in [4.69, 9.17) is 4.74 Å². The third kappa shape index (κ3) is 5.78. The van der Waals surface area contributed by atoms with Gasteiger partial charge in [-0.2, -0.15) is 23.5 Å². The number of ether oxygens (including phenoxy) is 1. The quantitative estimate of drug-likeness (QED) is 0.546. The van der Waals surface area contributed by atoms with Gasteiger partial charge in [-0.15, -0.1) is 0 Å². The fourth-order valence-electron chi connectivity index (χ4n) is 4.63. The second-order valence-corrected chi connectivity index (χ2v) is 9.84. The maximum atomic E-state index is 13.3. The number of carbonyl (C=O) groups excluding carboxylic acids is 2. The van der Waals surface area contributed by atoms with Crippen LogP contribution >= 0.6 is 15.9 Å². The summed E-state index contributed by atoms with van der Waals surface area (Å²) in [5.41, 5.74) is 1.50. The molecule has 37 heavy (non-hydrogen) atoms. The van der Waals surface area contributed by atoms with Crippen LogP contribution in [0.4, 0.5) is 18.0 Å². The molecule has 1 saturated heterocycles. The van der Waals surface area contributed by atoms with E-state index in [1.165, 1.54) is 12.1 Å². The number of alkyl halides is 3. The average Bonchev–Trinajstić information content (AvgIpc) is 2.86. The van der Waals surface area contributed by atoms with Gasteiger partial charge in [-0.3, -0.25) is 4.79 Å². The zero-order valence-electron chi connectivity index (χ0n) is 19.7. The highest BCUT2D eigenvalue weighted by molar-refractivity contribution is 9.10. The Labute approximate surface area is 219 Å². The second kappa shape index (κ2) is 10.5. The van der Waals surface area contributed by atoms with Crippen LogP contribution in [-0.2, 0) is 10.9 Å². The van der Waals surface area contributed by atoms with E-state index >= 15 is 0 Å². The summed E-state index contributed by atoms with van der Waals surface area (Å²) in [7, 11) is 0. The van der Waals surface area contributed by atoms with E-state index in [0.29, 0.717) is 53.8 Å². The minimum absolute atomic E-state index is 0.391. The fraction of sp³-hybridized carbons (Fsp3) is 0.360. The molecule has 2 aromatic rings. The van der Waals surface area contributed by atoms with Crippen LogP contribution in [0.2, 0.25) is 0 Å². The molecule has 2 aliphatic heterocycles. The number of nitriles is 1. The first-order valence-corrected chi connectivity index (χ1v) is 12.3. The van der Waals surface area contributed by atoms with Crippen LogP contribution < -0.4 is 10.7 Å². The molecule has 0 radical (unpaired) electrons. The molecule has 4 rings (SSSR count). The van der Waals surface area contributed by atoms with Gasteiger partial charge in [0.25, 0.3) is 5.91 Å². The van der Waals surface area contributed by atoms with Crippen molar-refractivity contribution in [2.75, 3.05) is 19.6 Å². The zero-order valence-corrected chi connectivity index (χ0v) is 21.3. The molecule has 2 aliphatic rings. The Morgan fingerprint density at radius 1 is 1.30 bits per heavy atom. The van der Waals surface area contributed by atoms with Crippen molar-refractivity contribution >= 4 is 33.6 Å². The molecule has 0 unspecified atom stereocenters. The van der Waals surface area contributed by atoms with E-state index in [1.54, 1.807) is 25.1 Å². The molecule has 2 N–H and O–H groups in total. The number of carbonyl (C=O) groups is 2. The largest absolute Gasteiger partial charge is 0.435 e. The minimum Gasteiger partial charge on any atom is -0.435 e. The number of hydrogen-bond donors (Lipinski definition) is 2. The average molecular weight is 578 g/mol. The Hall–Kier alpha value is -3.43. The summed E-state index contributed by atoms with van der Waals surface area (Å²) in [5.74, 6) is -0.794. The van der Waals surface area contributed by atoms with E-state index in [2.05, 4.69) is 37.8 Å². The number of halogens is 4. The normalized spacial score (nSPS) is 18.3. The number of nitrogens with one attached hydrogen (secondary N) is 2. The monoisotopic (exact) mass is 577 g/mol. The van der Waals surface area contributed by atoms with Gasteiger partial charge in [-0.1, -0.05) is 28.1 Å². The highest BCUT2D eigenvalue weighted by Crippen LogP contribution is 2.36. The molecule has 1 atom stereocenters. The number of piperidine rings is 1. The summed E-state index contributed by atoms with van der Waals surface area (Å²) in [6.07, 6.45) is -4.50. The first-order chi connectivity index (χ1) is 17.5. The number of hydrazone groups is 1.